The first-order chi connectivity index (χ1) is 9.16. The number of carbonyl (C=O) groups is 1. The van der Waals surface area contributed by atoms with Crippen LogP contribution in [0.25, 0.3) is 0 Å². The van der Waals surface area contributed by atoms with Crippen LogP contribution in [0.1, 0.15) is 30.6 Å². The van der Waals surface area contributed by atoms with E-state index in [4.69, 9.17) is 5.14 Å². The highest BCUT2D eigenvalue weighted by Crippen LogP contribution is 2.23. The first-order valence-electron chi connectivity index (χ1n) is 5.96. The second-order valence-corrected chi connectivity index (χ2v) is 6.98. The van der Waals surface area contributed by atoms with Crippen molar-refractivity contribution in [1.82, 2.24) is 5.32 Å². The number of nitrogens with one attached hydrogen (secondary N) is 1. The number of benzene rings is 1. The minimum Gasteiger partial charge on any atom is -0.352 e. The van der Waals surface area contributed by atoms with Gasteiger partial charge in [0.05, 0.1) is 5.56 Å². The van der Waals surface area contributed by atoms with Crippen LogP contribution in [0, 0.1) is 11.7 Å². The van der Waals surface area contributed by atoms with E-state index in [0.29, 0.717) is 6.54 Å². The van der Waals surface area contributed by atoms with Gasteiger partial charge in [0.1, 0.15) is 4.90 Å². The molecule has 0 spiro atoms. The van der Waals surface area contributed by atoms with Gasteiger partial charge in [0, 0.05) is 11.0 Å². The molecule has 1 amide bonds. The van der Waals surface area contributed by atoms with E-state index in [0.717, 1.165) is 12.5 Å². The van der Waals surface area contributed by atoms with Crippen LogP contribution in [0.4, 0.5) is 4.39 Å². The van der Waals surface area contributed by atoms with E-state index < -0.39 is 26.6 Å². The first-order valence-corrected chi connectivity index (χ1v) is 8.30. The van der Waals surface area contributed by atoms with E-state index in [1.54, 1.807) is 0 Å². The lowest BCUT2D eigenvalue weighted by Gasteiger charge is -2.12. The molecule has 0 aromatic heterocycles. The lowest BCUT2D eigenvalue weighted by Crippen LogP contribution is -2.29. The van der Waals surface area contributed by atoms with Gasteiger partial charge in [0.15, 0.2) is 5.82 Å². The van der Waals surface area contributed by atoms with Crippen LogP contribution in [-0.4, -0.2) is 20.9 Å². The van der Waals surface area contributed by atoms with E-state index in [2.05, 4.69) is 21.2 Å². The van der Waals surface area contributed by atoms with E-state index >= 15 is 0 Å². The highest BCUT2D eigenvalue weighted by atomic mass is 79.9. The molecule has 0 fully saturated rings. The number of primary sulfonamides is 1. The van der Waals surface area contributed by atoms with E-state index in [-0.39, 0.29) is 16.0 Å². The highest BCUT2D eigenvalue weighted by molar-refractivity contribution is 9.10. The zero-order chi connectivity index (χ0) is 15.5. The molecule has 0 aliphatic rings. The number of hydrogen-bond donors (Lipinski definition) is 2. The maximum atomic E-state index is 14.1. The summed E-state index contributed by atoms with van der Waals surface area (Å²) in [4.78, 5) is 11.2. The Bertz CT molecular complexity index is 619. The fourth-order valence-corrected chi connectivity index (χ4v) is 2.70. The molecule has 3 N–H and O–H groups in total. The van der Waals surface area contributed by atoms with Crippen LogP contribution in [0.15, 0.2) is 21.5 Å². The number of hydrogen-bond acceptors (Lipinski definition) is 3. The molecule has 0 bridgehead atoms. The van der Waals surface area contributed by atoms with Crippen LogP contribution < -0.4 is 10.5 Å². The third-order valence-electron chi connectivity index (χ3n) is 2.86. The molecule has 0 aliphatic carbocycles. The lowest BCUT2D eigenvalue weighted by atomic mass is 10.1. The molecular formula is C12H16BrFN2O3S. The van der Waals surface area contributed by atoms with Gasteiger partial charge in [-0.25, -0.2) is 17.9 Å². The topological polar surface area (TPSA) is 89.3 Å². The van der Waals surface area contributed by atoms with Crippen LogP contribution in [0.5, 0.6) is 0 Å². The summed E-state index contributed by atoms with van der Waals surface area (Å²) < 4.78 is 36.9. The maximum absolute atomic E-state index is 14.1. The Morgan fingerprint density at radius 2 is 2.10 bits per heavy atom. The summed E-state index contributed by atoms with van der Waals surface area (Å²) in [7, 11) is -4.23. The number of rotatable bonds is 5. The van der Waals surface area contributed by atoms with Crippen LogP contribution >= 0.6 is 15.9 Å². The monoisotopic (exact) mass is 366 g/mol. The molecule has 112 valence electrons. The average Bonchev–Trinajstić information content (AvgIpc) is 2.36. The van der Waals surface area contributed by atoms with Gasteiger partial charge < -0.3 is 5.32 Å². The van der Waals surface area contributed by atoms with E-state index in [1.165, 1.54) is 6.07 Å². The van der Waals surface area contributed by atoms with Crippen molar-refractivity contribution in [3.8, 4) is 0 Å². The third kappa shape index (κ3) is 4.26. The van der Waals surface area contributed by atoms with Gasteiger partial charge in [-0.05, 0) is 18.1 Å². The molecule has 8 heteroatoms. The second kappa shape index (κ2) is 6.64. The Morgan fingerprint density at radius 1 is 1.50 bits per heavy atom. The van der Waals surface area contributed by atoms with Crippen LogP contribution in [0.3, 0.4) is 0 Å². The van der Waals surface area contributed by atoms with Gasteiger partial charge in [-0.15, -0.1) is 0 Å². The summed E-state index contributed by atoms with van der Waals surface area (Å²) in [6.07, 6.45) is 0.865. The number of halogens is 2. The zero-order valence-electron chi connectivity index (χ0n) is 11.1. The fourth-order valence-electron chi connectivity index (χ4n) is 1.44. The molecule has 1 unspecified atom stereocenters. The van der Waals surface area contributed by atoms with Crippen LogP contribution in [0.2, 0.25) is 0 Å². The highest BCUT2D eigenvalue weighted by Gasteiger charge is 2.22. The minimum absolute atomic E-state index is 0.242. The Balaban J connectivity index is 3.13. The van der Waals surface area contributed by atoms with Gasteiger partial charge in [-0.3, -0.25) is 4.79 Å². The molecule has 1 aromatic rings. The molecule has 0 saturated carbocycles. The van der Waals surface area contributed by atoms with Gasteiger partial charge in [-0.2, -0.15) is 0 Å². The summed E-state index contributed by atoms with van der Waals surface area (Å²) in [6.45, 7) is 4.29. The molecule has 1 aromatic carbocycles. The number of amides is 1. The predicted molar refractivity (Wildman–Crippen MR) is 77.3 cm³/mol. The number of nitrogens with two attached hydrogens (primary N) is 1. The third-order valence-corrected chi connectivity index (χ3v) is 4.23. The summed E-state index contributed by atoms with van der Waals surface area (Å²) >= 11 is 3.03. The predicted octanol–water partition coefficient (Wildman–Crippen LogP) is 2.01. The Kier molecular flexibility index (Phi) is 5.67. The molecule has 0 aliphatic heterocycles. The molecule has 20 heavy (non-hydrogen) atoms. The minimum atomic E-state index is -4.23. The lowest BCUT2D eigenvalue weighted by molar-refractivity contribution is 0.0943. The molecular weight excluding hydrogens is 351 g/mol. The molecule has 1 rings (SSSR count). The molecule has 0 heterocycles. The van der Waals surface area contributed by atoms with Gasteiger partial charge in [-0.1, -0.05) is 36.2 Å². The number of sulfonamides is 1. The average molecular weight is 367 g/mol. The molecule has 0 radical (unpaired) electrons. The van der Waals surface area contributed by atoms with Crippen molar-refractivity contribution in [1.29, 1.82) is 0 Å². The normalized spacial score (nSPS) is 13.1. The first kappa shape index (κ1) is 17.1. The summed E-state index contributed by atoms with van der Waals surface area (Å²) in [5.74, 6) is -1.57. The van der Waals surface area contributed by atoms with E-state index in [1.807, 2.05) is 13.8 Å². The smallest absolute Gasteiger partial charge is 0.254 e. The van der Waals surface area contributed by atoms with Crippen molar-refractivity contribution in [2.45, 2.75) is 25.2 Å². The van der Waals surface area contributed by atoms with Crippen molar-refractivity contribution in [3.05, 3.63) is 28.0 Å². The molecule has 1 atom stereocenters. The van der Waals surface area contributed by atoms with Crippen molar-refractivity contribution < 1.29 is 17.6 Å². The maximum Gasteiger partial charge on any atom is 0.254 e. The zero-order valence-corrected chi connectivity index (χ0v) is 13.5. The number of carbonyl (C=O) groups excluding carboxylic acids is 1. The van der Waals surface area contributed by atoms with Crippen molar-refractivity contribution >= 4 is 31.9 Å². The Morgan fingerprint density at radius 3 is 2.60 bits per heavy atom. The molecule has 5 nitrogen and oxygen atoms in total. The summed E-state index contributed by atoms with van der Waals surface area (Å²) in [5.41, 5.74) is -0.355. The van der Waals surface area contributed by atoms with Gasteiger partial charge in [0.2, 0.25) is 10.0 Å². The standard InChI is InChI=1S/C12H16BrFN2O3S/c1-3-7(2)6-16-12(17)9-4-8(13)5-10(11(9)14)20(15,18)19/h4-5,7H,3,6H2,1-2H3,(H,16,17)(H2,15,18,19). The Hall–Kier alpha value is -0.990. The van der Waals surface area contributed by atoms with Crippen molar-refractivity contribution in [2.75, 3.05) is 6.54 Å². The van der Waals surface area contributed by atoms with E-state index in [9.17, 15) is 17.6 Å². The van der Waals surface area contributed by atoms with Crippen LogP contribution in [-0.2, 0) is 10.0 Å². The van der Waals surface area contributed by atoms with Gasteiger partial charge in [0.25, 0.3) is 5.91 Å². The van der Waals surface area contributed by atoms with Crippen molar-refractivity contribution in [3.63, 3.8) is 0 Å². The summed E-state index contributed by atoms with van der Waals surface area (Å²) in [6, 6.07) is 2.24. The molecule has 0 saturated heterocycles. The van der Waals surface area contributed by atoms with Gasteiger partial charge >= 0.3 is 0 Å². The van der Waals surface area contributed by atoms with Crippen molar-refractivity contribution in [2.24, 2.45) is 11.1 Å². The second-order valence-electron chi connectivity index (χ2n) is 4.53. The summed E-state index contributed by atoms with van der Waals surface area (Å²) in [5, 5.41) is 7.48. The fraction of sp³-hybridized carbons (Fsp3) is 0.417. The Labute approximate surface area is 125 Å². The SMILES string of the molecule is CCC(C)CNC(=O)c1cc(Br)cc(S(N)(=O)=O)c1F. The quantitative estimate of drug-likeness (QED) is 0.834. The largest absolute Gasteiger partial charge is 0.352 e.